The van der Waals surface area contributed by atoms with Gasteiger partial charge in [0, 0.05) is 43.8 Å². The van der Waals surface area contributed by atoms with Crippen LogP contribution in [0.3, 0.4) is 0 Å². The Balaban J connectivity index is 1.53. The zero-order chi connectivity index (χ0) is 17.1. The first kappa shape index (κ1) is 15.7. The standard InChI is InChI=1S/C20H20N4O/c1-25-18-6-2-4-15(10-18)13-24-9-7-16-12-22-20(23-19(16)14-24)17-5-3-8-21-11-17/h2-6,8,10-12H,7,9,13-14H2,1H3. The van der Waals surface area contributed by atoms with Gasteiger partial charge in [0.15, 0.2) is 5.82 Å². The van der Waals surface area contributed by atoms with Crippen LogP contribution in [0.2, 0.25) is 0 Å². The summed E-state index contributed by atoms with van der Waals surface area (Å²) in [6.07, 6.45) is 6.51. The summed E-state index contributed by atoms with van der Waals surface area (Å²) in [6.45, 7) is 2.74. The van der Waals surface area contributed by atoms with Crippen LogP contribution in [0.15, 0.2) is 55.0 Å². The molecule has 0 N–H and O–H groups in total. The van der Waals surface area contributed by atoms with Gasteiger partial charge in [-0.25, -0.2) is 9.97 Å². The molecular weight excluding hydrogens is 312 g/mol. The number of fused-ring (bicyclic) bond motifs is 1. The van der Waals surface area contributed by atoms with E-state index in [1.54, 1.807) is 19.5 Å². The van der Waals surface area contributed by atoms with Crippen molar-refractivity contribution in [3.8, 4) is 17.1 Å². The van der Waals surface area contributed by atoms with Crippen LogP contribution in [-0.4, -0.2) is 33.5 Å². The zero-order valence-electron chi connectivity index (χ0n) is 14.2. The van der Waals surface area contributed by atoms with E-state index in [9.17, 15) is 0 Å². The first-order valence-electron chi connectivity index (χ1n) is 8.42. The van der Waals surface area contributed by atoms with Gasteiger partial charge in [-0.1, -0.05) is 12.1 Å². The number of aromatic nitrogens is 3. The van der Waals surface area contributed by atoms with Crippen LogP contribution >= 0.6 is 0 Å². The monoisotopic (exact) mass is 332 g/mol. The Hall–Kier alpha value is -2.79. The predicted octanol–water partition coefficient (Wildman–Crippen LogP) is 3.11. The Morgan fingerprint density at radius 3 is 2.96 bits per heavy atom. The lowest BCUT2D eigenvalue weighted by Gasteiger charge is -2.28. The molecular formula is C20H20N4O. The van der Waals surface area contributed by atoms with E-state index in [-0.39, 0.29) is 0 Å². The summed E-state index contributed by atoms with van der Waals surface area (Å²) in [5, 5.41) is 0. The van der Waals surface area contributed by atoms with Crippen molar-refractivity contribution in [2.75, 3.05) is 13.7 Å². The molecule has 1 aliphatic heterocycles. The Bertz CT molecular complexity index is 867. The van der Waals surface area contributed by atoms with E-state index in [1.165, 1.54) is 11.1 Å². The SMILES string of the molecule is COc1cccc(CN2CCc3cnc(-c4cccnc4)nc3C2)c1. The van der Waals surface area contributed by atoms with Crippen molar-refractivity contribution in [2.24, 2.45) is 0 Å². The summed E-state index contributed by atoms with van der Waals surface area (Å²) in [6, 6.07) is 12.1. The van der Waals surface area contributed by atoms with Crippen molar-refractivity contribution in [1.29, 1.82) is 0 Å². The predicted molar refractivity (Wildman–Crippen MR) is 96.1 cm³/mol. The average molecular weight is 332 g/mol. The maximum atomic E-state index is 5.32. The number of hydrogen-bond donors (Lipinski definition) is 0. The van der Waals surface area contributed by atoms with Crippen molar-refractivity contribution in [1.82, 2.24) is 19.9 Å². The zero-order valence-corrected chi connectivity index (χ0v) is 14.2. The molecule has 0 atom stereocenters. The largest absolute Gasteiger partial charge is 0.497 e. The minimum Gasteiger partial charge on any atom is -0.497 e. The topological polar surface area (TPSA) is 51.1 Å². The van der Waals surface area contributed by atoms with Gasteiger partial charge >= 0.3 is 0 Å². The Kier molecular flexibility index (Phi) is 4.39. The highest BCUT2D eigenvalue weighted by molar-refractivity contribution is 5.53. The molecule has 0 bridgehead atoms. The van der Waals surface area contributed by atoms with E-state index in [0.717, 1.165) is 48.9 Å². The average Bonchev–Trinajstić information content (AvgIpc) is 2.68. The van der Waals surface area contributed by atoms with Crippen LogP contribution in [0.1, 0.15) is 16.8 Å². The van der Waals surface area contributed by atoms with Crippen LogP contribution in [0.5, 0.6) is 5.75 Å². The van der Waals surface area contributed by atoms with Crippen LogP contribution in [-0.2, 0) is 19.5 Å². The molecule has 0 aliphatic carbocycles. The van der Waals surface area contributed by atoms with Gasteiger partial charge in [-0.05, 0) is 41.8 Å². The van der Waals surface area contributed by atoms with Gasteiger partial charge in [0.25, 0.3) is 0 Å². The molecule has 0 saturated carbocycles. The minimum absolute atomic E-state index is 0.745. The Morgan fingerprint density at radius 1 is 1.16 bits per heavy atom. The van der Waals surface area contributed by atoms with E-state index in [0.29, 0.717) is 0 Å². The molecule has 5 nitrogen and oxygen atoms in total. The number of pyridine rings is 1. The van der Waals surface area contributed by atoms with Crippen molar-refractivity contribution in [3.05, 3.63) is 71.8 Å². The molecule has 126 valence electrons. The second kappa shape index (κ2) is 6.99. The normalized spacial score (nSPS) is 14.1. The molecule has 0 unspecified atom stereocenters. The minimum atomic E-state index is 0.745. The molecule has 4 rings (SSSR count). The lowest BCUT2D eigenvalue weighted by molar-refractivity contribution is 0.241. The van der Waals surface area contributed by atoms with Gasteiger partial charge in [0.2, 0.25) is 0 Å². The van der Waals surface area contributed by atoms with Crippen molar-refractivity contribution in [2.45, 2.75) is 19.5 Å². The number of methoxy groups -OCH3 is 1. The molecule has 0 fully saturated rings. The number of rotatable bonds is 4. The summed E-state index contributed by atoms with van der Waals surface area (Å²) < 4.78 is 5.32. The number of nitrogens with zero attached hydrogens (tertiary/aromatic N) is 4. The van der Waals surface area contributed by atoms with E-state index < -0.39 is 0 Å². The summed E-state index contributed by atoms with van der Waals surface area (Å²) >= 11 is 0. The third-order valence-corrected chi connectivity index (χ3v) is 4.49. The molecule has 3 aromatic rings. The molecule has 0 saturated heterocycles. The first-order valence-corrected chi connectivity index (χ1v) is 8.42. The molecule has 1 aromatic carbocycles. The second-order valence-corrected chi connectivity index (χ2v) is 6.22. The third-order valence-electron chi connectivity index (χ3n) is 4.49. The summed E-state index contributed by atoms with van der Waals surface area (Å²) in [4.78, 5) is 15.9. The summed E-state index contributed by atoms with van der Waals surface area (Å²) in [5.41, 5.74) is 4.57. The highest BCUT2D eigenvalue weighted by atomic mass is 16.5. The van der Waals surface area contributed by atoms with E-state index in [2.05, 4.69) is 27.0 Å². The van der Waals surface area contributed by atoms with Gasteiger partial charge in [0.05, 0.1) is 12.8 Å². The fourth-order valence-corrected chi connectivity index (χ4v) is 3.16. The van der Waals surface area contributed by atoms with Crippen molar-refractivity contribution >= 4 is 0 Å². The van der Waals surface area contributed by atoms with Gasteiger partial charge in [-0.2, -0.15) is 0 Å². The molecule has 2 aromatic heterocycles. The Labute approximate surface area is 147 Å². The number of benzene rings is 1. The van der Waals surface area contributed by atoms with Crippen LogP contribution in [0.4, 0.5) is 0 Å². The second-order valence-electron chi connectivity index (χ2n) is 6.22. The van der Waals surface area contributed by atoms with E-state index in [1.807, 2.05) is 30.5 Å². The summed E-state index contributed by atoms with van der Waals surface area (Å²) in [5.74, 6) is 1.64. The van der Waals surface area contributed by atoms with Crippen molar-refractivity contribution < 1.29 is 4.74 Å². The smallest absolute Gasteiger partial charge is 0.160 e. The van der Waals surface area contributed by atoms with Crippen LogP contribution < -0.4 is 4.74 Å². The molecule has 0 amide bonds. The van der Waals surface area contributed by atoms with Gasteiger partial charge in [-0.3, -0.25) is 9.88 Å². The highest BCUT2D eigenvalue weighted by Gasteiger charge is 2.19. The molecule has 1 aliphatic rings. The van der Waals surface area contributed by atoms with E-state index >= 15 is 0 Å². The maximum absolute atomic E-state index is 5.32. The van der Waals surface area contributed by atoms with Crippen LogP contribution in [0, 0.1) is 0 Å². The number of hydrogen-bond acceptors (Lipinski definition) is 5. The lowest BCUT2D eigenvalue weighted by atomic mass is 10.1. The van der Waals surface area contributed by atoms with Gasteiger partial charge < -0.3 is 4.74 Å². The fraction of sp³-hybridized carbons (Fsp3) is 0.250. The molecule has 25 heavy (non-hydrogen) atoms. The lowest BCUT2D eigenvalue weighted by Crippen LogP contribution is -2.31. The van der Waals surface area contributed by atoms with Crippen molar-refractivity contribution in [3.63, 3.8) is 0 Å². The highest BCUT2D eigenvalue weighted by Crippen LogP contribution is 2.22. The first-order chi connectivity index (χ1) is 12.3. The molecule has 5 heteroatoms. The molecule has 0 spiro atoms. The maximum Gasteiger partial charge on any atom is 0.160 e. The third kappa shape index (κ3) is 3.51. The quantitative estimate of drug-likeness (QED) is 0.735. The molecule has 0 radical (unpaired) electrons. The fourth-order valence-electron chi connectivity index (χ4n) is 3.16. The Morgan fingerprint density at radius 2 is 2.12 bits per heavy atom. The van der Waals surface area contributed by atoms with E-state index in [4.69, 9.17) is 9.72 Å². The van der Waals surface area contributed by atoms with Gasteiger partial charge in [0.1, 0.15) is 5.75 Å². The molecule has 3 heterocycles. The van der Waals surface area contributed by atoms with Gasteiger partial charge in [-0.15, -0.1) is 0 Å². The van der Waals surface area contributed by atoms with Crippen LogP contribution in [0.25, 0.3) is 11.4 Å². The number of ether oxygens (including phenoxy) is 1. The summed E-state index contributed by atoms with van der Waals surface area (Å²) in [7, 11) is 1.70.